The predicted octanol–water partition coefficient (Wildman–Crippen LogP) is 4.16. The van der Waals surface area contributed by atoms with Gasteiger partial charge in [-0.15, -0.1) is 23.2 Å². The first-order valence-electron chi connectivity index (χ1n) is 6.20. The van der Waals surface area contributed by atoms with Gasteiger partial charge < -0.3 is 4.53 Å². The molecule has 18 heavy (non-hydrogen) atoms. The van der Waals surface area contributed by atoms with Crippen molar-refractivity contribution in [2.75, 3.05) is 6.54 Å². The van der Waals surface area contributed by atoms with Crippen molar-refractivity contribution in [3.8, 4) is 0 Å². The van der Waals surface area contributed by atoms with E-state index in [2.05, 4.69) is 37.8 Å². The zero-order chi connectivity index (χ0) is 13.3. The number of nitrogens with zero attached hydrogens (tertiary/aromatic N) is 1. The van der Waals surface area contributed by atoms with E-state index in [0.717, 1.165) is 13.0 Å². The van der Waals surface area contributed by atoms with E-state index >= 15 is 0 Å². The van der Waals surface area contributed by atoms with Gasteiger partial charge in [-0.3, -0.25) is 0 Å². The van der Waals surface area contributed by atoms with E-state index in [0.29, 0.717) is 0 Å². The quantitative estimate of drug-likeness (QED) is 0.614. The van der Waals surface area contributed by atoms with Crippen LogP contribution in [0.2, 0.25) is 19.6 Å². The Hall–Kier alpha value is -0.0631. The molecule has 5 heteroatoms. The molecule has 0 N–H and O–H groups in total. The molecule has 0 bridgehead atoms. The van der Waals surface area contributed by atoms with Crippen LogP contribution in [0.1, 0.15) is 17.2 Å². The molecule has 0 saturated heterocycles. The second-order valence-electron chi connectivity index (χ2n) is 5.57. The van der Waals surface area contributed by atoms with Gasteiger partial charge in [0.05, 0.1) is 6.04 Å². The molecular formula is C13H19Cl2NOSi. The zero-order valence-corrected chi connectivity index (χ0v) is 13.5. The molecule has 1 aromatic carbocycles. The number of fused-ring (bicyclic) bond motifs is 1. The van der Waals surface area contributed by atoms with E-state index in [9.17, 15) is 0 Å². The average Bonchev–Trinajstić information content (AvgIpc) is 2.26. The summed E-state index contributed by atoms with van der Waals surface area (Å²) in [5.74, 6) is 0. The third kappa shape index (κ3) is 3.28. The lowest BCUT2D eigenvalue weighted by Crippen LogP contribution is -2.45. The molecule has 1 atom stereocenters. The first kappa shape index (κ1) is 14.3. The van der Waals surface area contributed by atoms with Gasteiger partial charge in [-0.1, -0.05) is 24.3 Å². The molecule has 100 valence electrons. The predicted molar refractivity (Wildman–Crippen MR) is 79.5 cm³/mol. The van der Waals surface area contributed by atoms with Gasteiger partial charge >= 0.3 is 0 Å². The van der Waals surface area contributed by atoms with Crippen molar-refractivity contribution < 1.29 is 4.53 Å². The van der Waals surface area contributed by atoms with Crippen molar-refractivity contribution in [3.63, 3.8) is 0 Å². The van der Waals surface area contributed by atoms with Gasteiger partial charge in [-0.05, 0) is 37.2 Å². The Morgan fingerprint density at radius 3 is 2.56 bits per heavy atom. The molecule has 2 rings (SSSR count). The highest BCUT2D eigenvalue weighted by molar-refractivity contribution is 6.69. The Bertz CT molecular complexity index is 420. The second-order valence-corrected chi connectivity index (χ2v) is 11.1. The van der Waals surface area contributed by atoms with Gasteiger partial charge in [-0.25, -0.2) is 0 Å². The Morgan fingerprint density at radius 1 is 1.28 bits per heavy atom. The van der Waals surface area contributed by atoms with E-state index in [-0.39, 0.29) is 6.04 Å². The van der Waals surface area contributed by atoms with E-state index in [4.69, 9.17) is 27.7 Å². The van der Waals surface area contributed by atoms with Crippen LogP contribution in [0.4, 0.5) is 0 Å². The molecule has 2 nitrogen and oxygen atoms in total. The first-order chi connectivity index (χ1) is 8.38. The number of hydrogen-bond donors (Lipinski definition) is 0. The smallest absolute Gasteiger partial charge is 0.212 e. The number of benzene rings is 1. The minimum Gasteiger partial charge on any atom is -0.343 e. The van der Waals surface area contributed by atoms with Gasteiger partial charge in [0, 0.05) is 6.54 Å². The molecule has 1 aliphatic heterocycles. The lowest BCUT2D eigenvalue weighted by Gasteiger charge is -2.40. The van der Waals surface area contributed by atoms with E-state index < -0.39 is 13.2 Å². The van der Waals surface area contributed by atoms with Gasteiger partial charge in [0.25, 0.3) is 0 Å². The molecular weight excluding hydrogens is 285 g/mol. The maximum absolute atomic E-state index is 6.17. The fourth-order valence-electron chi connectivity index (χ4n) is 2.29. The second kappa shape index (κ2) is 5.51. The molecule has 1 aromatic rings. The number of alkyl halides is 2. The maximum atomic E-state index is 6.17. The topological polar surface area (TPSA) is 12.5 Å². The summed E-state index contributed by atoms with van der Waals surface area (Å²) in [6, 6.07) is 8.26. The van der Waals surface area contributed by atoms with Crippen LogP contribution in [0.3, 0.4) is 0 Å². The highest BCUT2D eigenvalue weighted by atomic mass is 35.5. The monoisotopic (exact) mass is 303 g/mol. The van der Waals surface area contributed by atoms with Crippen molar-refractivity contribution in [2.45, 2.75) is 36.9 Å². The number of rotatable bonds is 3. The summed E-state index contributed by atoms with van der Waals surface area (Å²) >= 11 is 12.3. The Labute approximate surface area is 120 Å². The minimum absolute atomic E-state index is 0.0648. The summed E-state index contributed by atoms with van der Waals surface area (Å²) in [5, 5.41) is 1.99. The molecule has 0 aromatic heterocycles. The fraction of sp³-hybridized carbons (Fsp3) is 0.538. The van der Waals surface area contributed by atoms with Crippen LogP contribution in [-0.4, -0.2) is 24.8 Å². The maximum Gasteiger partial charge on any atom is 0.212 e. The Kier molecular flexibility index (Phi) is 4.39. The van der Waals surface area contributed by atoms with E-state index in [1.165, 1.54) is 11.1 Å². The largest absolute Gasteiger partial charge is 0.343 e. The highest BCUT2D eigenvalue weighted by Gasteiger charge is 2.35. The molecule has 0 aliphatic carbocycles. The van der Waals surface area contributed by atoms with Crippen molar-refractivity contribution in [2.24, 2.45) is 0 Å². The van der Waals surface area contributed by atoms with Crippen LogP contribution in [0.15, 0.2) is 24.3 Å². The van der Waals surface area contributed by atoms with Crippen LogP contribution in [0.25, 0.3) is 0 Å². The molecule has 0 radical (unpaired) electrons. The van der Waals surface area contributed by atoms with Crippen LogP contribution in [-0.2, 0) is 10.9 Å². The summed E-state index contributed by atoms with van der Waals surface area (Å²) in [7, 11) is -1.64. The zero-order valence-electron chi connectivity index (χ0n) is 11.0. The van der Waals surface area contributed by atoms with Crippen molar-refractivity contribution in [3.05, 3.63) is 35.4 Å². The van der Waals surface area contributed by atoms with Crippen molar-refractivity contribution in [1.82, 2.24) is 5.06 Å². The summed E-state index contributed by atoms with van der Waals surface area (Å²) in [5.41, 5.74) is 2.52. The number of hydrogen-bond acceptors (Lipinski definition) is 2. The van der Waals surface area contributed by atoms with Gasteiger partial charge in [0.1, 0.15) is 4.84 Å². The molecule has 1 unspecified atom stereocenters. The summed E-state index contributed by atoms with van der Waals surface area (Å²) in [4.78, 5) is -0.484. The normalized spacial score (nSPS) is 21.1. The summed E-state index contributed by atoms with van der Waals surface area (Å²) in [6.45, 7) is 7.36. The first-order valence-corrected chi connectivity index (χ1v) is 10.5. The standard InChI is InChI=1S/C13H19Cl2NOSi/c1-18(2,3)17-16-9-8-10-6-4-5-7-11(10)12(16)13(14)15/h4-7,12-13H,8-9H2,1-3H3. The summed E-state index contributed by atoms with van der Waals surface area (Å²) in [6.07, 6.45) is 0.984. The molecule has 0 amide bonds. The van der Waals surface area contributed by atoms with E-state index in [1.54, 1.807) is 0 Å². The Balaban J connectivity index is 2.30. The molecule has 0 saturated carbocycles. The van der Waals surface area contributed by atoms with Gasteiger partial charge in [0.2, 0.25) is 8.32 Å². The van der Waals surface area contributed by atoms with Crippen LogP contribution in [0.5, 0.6) is 0 Å². The fourth-order valence-corrected chi connectivity index (χ4v) is 3.72. The van der Waals surface area contributed by atoms with E-state index in [1.807, 2.05) is 11.1 Å². The van der Waals surface area contributed by atoms with Gasteiger partial charge in [0.15, 0.2) is 0 Å². The molecule has 0 fully saturated rings. The highest BCUT2D eigenvalue weighted by Crippen LogP contribution is 2.37. The Morgan fingerprint density at radius 2 is 1.94 bits per heavy atom. The third-order valence-electron chi connectivity index (χ3n) is 2.92. The minimum atomic E-state index is -1.64. The van der Waals surface area contributed by atoms with Crippen LogP contribution in [0, 0.1) is 0 Å². The van der Waals surface area contributed by atoms with Crippen LogP contribution >= 0.6 is 23.2 Å². The average molecular weight is 304 g/mol. The van der Waals surface area contributed by atoms with Gasteiger partial charge in [-0.2, -0.15) is 5.06 Å². The third-order valence-corrected chi connectivity index (χ3v) is 4.17. The number of hydroxylamine groups is 2. The molecule has 0 spiro atoms. The molecule has 1 aliphatic rings. The van der Waals surface area contributed by atoms with Crippen molar-refractivity contribution >= 4 is 31.5 Å². The lowest BCUT2D eigenvalue weighted by molar-refractivity contribution is -0.107. The lowest BCUT2D eigenvalue weighted by atomic mass is 9.95. The SMILES string of the molecule is C[Si](C)(C)ON1CCc2ccccc2C1C(Cl)Cl. The molecule has 1 heterocycles. The van der Waals surface area contributed by atoms with Crippen molar-refractivity contribution in [1.29, 1.82) is 0 Å². The summed E-state index contributed by atoms with van der Waals surface area (Å²) < 4.78 is 6.11. The van der Waals surface area contributed by atoms with Crippen LogP contribution < -0.4 is 0 Å². The number of halogens is 2.